The van der Waals surface area contributed by atoms with E-state index in [1.807, 2.05) is 19.2 Å². The minimum atomic E-state index is 0.686. The molecule has 0 N–H and O–H groups in total. The fraction of sp³-hybridized carbons (Fsp3) is 0.571. The van der Waals surface area contributed by atoms with Gasteiger partial charge in [0.1, 0.15) is 5.82 Å². The van der Waals surface area contributed by atoms with Crippen LogP contribution in [-0.4, -0.2) is 24.9 Å². The Bertz CT molecular complexity index is 372. The summed E-state index contributed by atoms with van der Waals surface area (Å²) in [5.74, 6) is 1.57. The first kappa shape index (κ1) is 12.1. The van der Waals surface area contributed by atoms with Gasteiger partial charge in [0.05, 0.1) is 5.56 Å². The molecule has 0 saturated heterocycles. The van der Waals surface area contributed by atoms with Crippen LogP contribution in [0.15, 0.2) is 18.3 Å². The Hall–Kier alpha value is -1.38. The van der Waals surface area contributed by atoms with Crippen molar-refractivity contribution in [3.8, 4) is 0 Å². The molecule has 3 heteroatoms. The third-order valence-electron chi connectivity index (χ3n) is 3.56. The molecule has 3 nitrogen and oxygen atoms in total. The highest BCUT2D eigenvalue weighted by molar-refractivity contribution is 5.82. The second-order valence-electron chi connectivity index (χ2n) is 4.92. The van der Waals surface area contributed by atoms with Gasteiger partial charge in [0, 0.05) is 19.8 Å². The molecule has 1 fully saturated rings. The highest BCUT2D eigenvalue weighted by Gasteiger charge is 2.17. The molecule has 0 unspecified atom stereocenters. The zero-order valence-corrected chi connectivity index (χ0v) is 10.4. The van der Waals surface area contributed by atoms with Crippen molar-refractivity contribution < 1.29 is 4.79 Å². The minimum absolute atomic E-state index is 0.686. The van der Waals surface area contributed by atoms with Crippen LogP contribution in [0.1, 0.15) is 42.5 Å². The highest BCUT2D eigenvalue weighted by Crippen LogP contribution is 2.25. The Morgan fingerprint density at radius 1 is 1.41 bits per heavy atom. The molecule has 1 heterocycles. The third-order valence-corrected chi connectivity index (χ3v) is 3.56. The van der Waals surface area contributed by atoms with E-state index in [4.69, 9.17) is 0 Å². The maximum absolute atomic E-state index is 11.0. The summed E-state index contributed by atoms with van der Waals surface area (Å²) in [4.78, 5) is 17.4. The van der Waals surface area contributed by atoms with Crippen LogP contribution in [-0.2, 0) is 0 Å². The van der Waals surface area contributed by atoms with Gasteiger partial charge in [-0.3, -0.25) is 4.79 Å². The van der Waals surface area contributed by atoms with Gasteiger partial charge in [-0.1, -0.05) is 19.3 Å². The molecule has 1 saturated carbocycles. The third kappa shape index (κ3) is 3.05. The van der Waals surface area contributed by atoms with Gasteiger partial charge in [-0.15, -0.1) is 0 Å². The Kier molecular flexibility index (Phi) is 4.13. The Morgan fingerprint density at radius 3 is 2.88 bits per heavy atom. The number of hydrogen-bond acceptors (Lipinski definition) is 3. The Morgan fingerprint density at radius 2 is 2.18 bits per heavy atom. The maximum Gasteiger partial charge on any atom is 0.153 e. The molecule has 2 rings (SSSR count). The van der Waals surface area contributed by atoms with Crippen molar-refractivity contribution in [3.63, 3.8) is 0 Å². The van der Waals surface area contributed by atoms with Gasteiger partial charge in [-0.05, 0) is 30.9 Å². The van der Waals surface area contributed by atoms with Gasteiger partial charge in [0.15, 0.2) is 6.29 Å². The second-order valence-corrected chi connectivity index (χ2v) is 4.92. The van der Waals surface area contributed by atoms with Crippen LogP contribution in [0.2, 0.25) is 0 Å². The molecule has 0 amide bonds. The van der Waals surface area contributed by atoms with Crippen molar-refractivity contribution in [2.24, 2.45) is 5.92 Å². The summed E-state index contributed by atoms with van der Waals surface area (Å²) in [5, 5.41) is 0. The number of rotatable bonds is 4. The molecular formula is C14H20N2O. The smallest absolute Gasteiger partial charge is 0.153 e. The van der Waals surface area contributed by atoms with E-state index >= 15 is 0 Å². The van der Waals surface area contributed by atoms with Gasteiger partial charge in [0.25, 0.3) is 0 Å². The quantitative estimate of drug-likeness (QED) is 0.748. The fourth-order valence-electron chi connectivity index (χ4n) is 2.66. The van der Waals surface area contributed by atoms with Crippen LogP contribution < -0.4 is 4.90 Å². The van der Waals surface area contributed by atoms with Crippen molar-refractivity contribution in [2.75, 3.05) is 18.5 Å². The Balaban J connectivity index is 2.02. The molecular weight excluding hydrogens is 212 g/mol. The van der Waals surface area contributed by atoms with Gasteiger partial charge < -0.3 is 4.90 Å². The summed E-state index contributed by atoms with van der Waals surface area (Å²) in [5.41, 5.74) is 0.686. The molecule has 0 aromatic carbocycles. The normalized spacial score (nSPS) is 16.8. The van der Waals surface area contributed by atoms with E-state index in [0.29, 0.717) is 5.56 Å². The van der Waals surface area contributed by atoms with Gasteiger partial charge >= 0.3 is 0 Å². The summed E-state index contributed by atoms with van der Waals surface area (Å²) in [7, 11) is 2.03. The van der Waals surface area contributed by atoms with E-state index < -0.39 is 0 Å². The predicted molar refractivity (Wildman–Crippen MR) is 69.5 cm³/mol. The molecule has 17 heavy (non-hydrogen) atoms. The van der Waals surface area contributed by atoms with E-state index in [-0.39, 0.29) is 0 Å². The summed E-state index contributed by atoms with van der Waals surface area (Å²) in [6.07, 6.45) is 9.34. The molecule has 0 radical (unpaired) electrons. The van der Waals surface area contributed by atoms with Crippen LogP contribution >= 0.6 is 0 Å². The number of hydrogen-bond donors (Lipinski definition) is 0. The number of carbonyl (C=O) groups excluding carboxylic acids is 1. The van der Waals surface area contributed by atoms with Gasteiger partial charge in [-0.2, -0.15) is 0 Å². The monoisotopic (exact) mass is 232 g/mol. The lowest BCUT2D eigenvalue weighted by atomic mass is 9.89. The molecule has 1 aliphatic carbocycles. The standard InChI is InChI=1S/C14H20N2O/c1-16(10-12-6-3-2-4-7-12)14-13(11-17)8-5-9-15-14/h5,8-9,11-12H,2-4,6-7,10H2,1H3. The minimum Gasteiger partial charge on any atom is -0.359 e. The molecule has 1 aliphatic rings. The zero-order chi connectivity index (χ0) is 12.1. The molecule has 1 aromatic heterocycles. The average molecular weight is 232 g/mol. The van der Waals surface area contributed by atoms with Crippen molar-refractivity contribution in [2.45, 2.75) is 32.1 Å². The second kappa shape index (κ2) is 5.80. The molecule has 0 atom stereocenters. The number of pyridine rings is 1. The van der Waals surface area contributed by atoms with E-state index in [9.17, 15) is 4.79 Å². The molecule has 0 bridgehead atoms. The van der Waals surface area contributed by atoms with Crippen LogP contribution in [0.3, 0.4) is 0 Å². The SMILES string of the molecule is CN(CC1CCCCC1)c1ncccc1C=O. The van der Waals surface area contributed by atoms with Crippen molar-refractivity contribution in [1.29, 1.82) is 0 Å². The number of carbonyl (C=O) groups is 1. The van der Waals surface area contributed by atoms with E-state index in [2.05, 4.69) is 9.88 Å². The highest BCUT2D eigenvalue weighted by atomic mass is 16.1. The lowest BCUT2D eigenvalue weighted by Crippen LogP contribution is -2.28. The maximum atomic E-state index is 11.0. The van der Waals surface area contributed by atoms with Crippen molar-refractivity contribution in [3.05, 3.63) is 23.9 Å². The molecule has 92 valence electrons. The van der Waals surface area contributed by atoms with Crippen LogP contribution in [0.25, 0.3) is 0 Å². The van der Waals surface area contributed by atoms with Crippen LogP contribution in [0.4, 0.5) is 5.82 Å². The van der Waals surface area contributed by atoms with Gasteiger partial charge in [0.2, 0.25) is 0 Å². The molecule has 0 aliphatic heterocycles. The summed E-state index contributed by atoms with van der Waals surface area (Å²) in [6, 6.07) is 3.63. The number of aromatic nitrogens is 1. The lowest BCUT2D eigenvalue weighted by molar-refractivity contribution is 0.112. The number of anilines is 1. The van der Waals surface area contributed by atoms with E-state index in [0.717, 1.165) is 24.6 Å². The summed E-state index contributed by atoms with van der Waals surface area (Å²) < 4.78 is 0. The molecule has 0 spiro atoms. The number of nitrogens with zero attached hydrogens (tertiary/aromatic N) is 2. The topological polar surface area (TPSA) is 33.2 Å². The average Bonchev–Trinajstić information content (AvgIpc) is 2.40. The first-order chi connectivity index (χ1) is 8.31. The summed E-state index contributed by atoms with van der Waals surface area (Å²) >= 11 is 0. The van der Waals surface area contributed by atoms with Crippen molar-refractivity contribution in [1.82, 2.24) is 4.98 Å². The first-order valence-electron chi connectivity index (χ1n) is 6.42. The van der Waals surface area contributed by atoms with E-state index in [1.54, 1.807) is 6.20 Å². The fourth-order valence-corrected chi connectivity index (χ4v) is 2.66. The van der Waals surface area contributed by atoms with Crippen molar-refractivity contribution >= 4 is 12.1 Å². The predicted octanol–water partition coefficient (Wildman–Crippen LogP) is 2.91. The largest absolute Gasteiger partial charge is 0.359 e. The van der Waals surface area contributed by atoms with Gasteiger partial charge in [-0.25, -0.2) is 4.98 Å². The van der Waals surface area contributed by atoms with Crippen LogP contribution in [0.5, 0.6) is 0 Å². The summed E-state index contributed by atoms with van der Waals surface area (Å²) in [6.45, 7) is 1.01. The van der Waals surface area contributed by atoms with E-state index in [1.165, 1.54) is 32.1 Å². The lowest BCUT2D eigenvalue weighted by Gasteiger charge is -2.28. The first-order valence-corrected chi connectivity index (χ1v) is 6.42. The molecule has 1 aromatic rings. The Labute approximate surface area is 103 Å². The number of aldehydes is 1. The zero-order valence-electron chi connectivity index (χ0n) is 10.4. The van der Waals surface area contributed by atoms with Crippen LogP contribution in [0, 0.1) is 5.92 Å².